The third-order valence-electron chi connectivity index (χ3n) is 0.926. The van der Waals surface area contributed by atoms with Crippen LogP contribution < -0.4 is 0 Å². The number of carboxylic acid groups (broad SMARTS) is 2. The smallest absolute Gasteiger partial charge is 0.314 e. The first kappa shape index (κ1) is 14.4. The van der Waals surface area contributed by atoms with Gasteiger partial charge in [-0.1, -0.05) is 6.92 Å². The van der Waals surface area contributed by atoms with Crippen molar-refractivity contribution in [3.05, 3.63) is 0 Å². The zero-order chi connectivity index (χ0) is 10.9. The molecule has 0 spiro atoms. The molecule has 13 heavy (non-hydrogen) atoms. The van der Waals surface area contributed by atoms with Crippen molar-refractivity contribution in [2.45, 2.75) is 13.3 Å². The van der Waals surface area contributed by atoms with Crippen molar-refractivity contribution in [2.75, 3.05) is 13.2 Å². The Morgan fingerprint density at radius 3 is 1.38 bits per heavy atom. The zero-order valence-corrected chi connectivity index (χ0v) is 7.30. The number of carbonyl (C=O) groups is 2. The minimum Gasteiger partial charge on any atom is -0.481 e. The number of hydrogen-bond donors (Lipinski definition) is 4. The monoisotopic (exact) mass is 194 g/mol. The molecule has 0 aromatic heterocycles. The van der Waals surface area contributed by atoms with Crippen LogP contribution in [-0.4, -0.2) is 45.6 Å². The average Bonchev–Trinajstić information content (AvgIpc) is 2.01. The standard InChI is InChI=1S/C4H10O2.C3H4O4/c1-4(2-5)3-6;4-2(5)1-3(6)7/h4-6H,2-3H2,1H3;1H2,(H,4,5)(H,6,7). The lowest BCUT2D eigenvalue weighted by atomic mass is 10.2. The molecule has 6 nitrogen and oxygen atoms in total. The van der Waals surface area contributed by atoms with Gasteiger partial charge in [0.25, 0.3) is 0 Å². The van der Waals surface area contributed by atoms with E-state index in [1.165, 1.54) is 0 Å². The molecule has 0 rings (SSSR count). The number of aliphatic hydroxyl groups is 2. The molecule has 0 saturated heterocycles. The van der Waals surface area contributed by atoms with Gasteiger partial charge in [-0.15, -0.1) is 0 Å². The molecular weight excluding hydrogens is 180 g/mol. The summed E-state index contributed by atoms with van der Waals surface area (Å²) >= 11 is 0. The van der Waals surface area contributed by atoms with E-state index in [1.807, 2.05) is 0 Å². The molecule has 0 radical (unpaired) electrons. The normalized spacial score (nSPS) is 8.92. The van der Waals surface area contributed by atoms with E-state index in [0.29, 0.717) is 0 Å². The summed E-state index contributed by atoms with van der Waals surface area (Å²) in [6.07, 6.45) is -0.806. The number of aliphatic hydroxyl groups excluding tert-OH is 2. The van der Waals surface area contributed by atoms with E-state index in [4.69, 9.17) is 20.4 Å². The van der Waals surface area contributed by atoms with Crippen LogP contribution in [0.4, 0.5) is 0 Å². The Balaban J connectivity index is 0. The summed E-state index contributed by atoms with van der Waals surface area (Å²) in [4.78, 5) is 18.9. The van der Waals surface area contributed by atoms with Crippen LogP contribution in [0.5, 0.6) is 0 Å². The van der Waals surface area contributed by atoms with Crippen molar-refractivity contribution in [1.29, 1.82) is 0 Å². The fourth-order valence-corrected chi connectivity index (χ4v) is 0.187. The highest BCUT2D eigenvalue weighted by Gasteiger charge is 2.01. The Hall–Kier alpha value is -1.14. The highest BCUT2D eigenvalue weighted by Crippen LogP contribution is 1.85. The second-order valence-corrected chi connectivity index (χ2v) is 2.43. The molecule has 4 N–H and O–H groups in total. The van der Waals surface area contributed by atoms with Gasteiger partial charge in [-0.25, -0.2) is 0 Å². The maximum atomic E-state index is 9.43. The van der Waals surface area contributed by atoms with Crippen molar-refractivity contribution in [2.24, 2.45) is 5.92 Å². The predicted octanol–water partition coefficient (Wildman–Crippen LogP) is -0.847. The van der Waals surface area contributed by atoms with Crippen molar-refractivity contribution in [1.82, 2.24) is 0 Å². The average molecular weight is 194 g/mol. The van der Waals surface area contributed by atoms with Crippen LogP contribution in [0.3, 0.4) is 0 Å². The van der Waals surface area contributed by atoms with Gasteiger partial charge in [0, 0.05) is 19.1 Å². The minimum atomic E-state index is -1.31. The molecule has 0 aliphatic rings. The third-order valence-corrected chi connectivity index (χ3v) is 0.926. The molecular formula is C7H14O6. The zero-order valence-electron chi connectivity index (χ0n) is 7.30. The number of aliphatic carboxylic acids is 2. The minimum absolute atomic E-state index is 0.0463. The maximum Gasteiger partial charge on any atom is 0.314 e. The lowest BCUT2D eigenvalue weighted by Gasteiger charge is -1.97. The Kier molecular flexibility index (Phi) is 9.91. The lowest BCUT2D eigenvalue weighted by Crippen LogP contribution is -2.04. The van der Waals surface area contributed by atoms with Gasteiger partial charge >= 0.3 is 11.9 Å². The van der Waals surface area contributed by atoms with Crippen molar-refractivity contribution in [3.8, 4) is 0 Å². The van der Waals surface area contributed by atoms with Gasteiger partial charge in [-0.05, 0) is 0 Å². The summed E-state index contributed by atoms with van der Waals surface area (Å²) in [7, 11) is 0. The first-order valence-electron chi connectivity index (χ1n) is 3.59. The molecule has 0 aromatic carbocycles. The van der Waals surface area contributed by atoms with Crippen LogP contribution in [0.25, 0.3) is 0 Å². The molecule has 78 valence electrons. The fraction of sp³-hybridized carbons (Fsp3) is 0.714. The first-order valence-corrected chi connectivity index (χ1v) is 3.59. The summed E-state index contributed by atoms with van der Waals surface area (Å²) in [5, 5.41) is 31.8. The highest BCUT2D eigenvalue weighted by atomic mass is 16.4. The quantitative estimate of drug-likeness (QED) is 0.433. The van der Waals surface area contributed by atoms with Crippen molar-refractivity contribution < 1.29 is 30.0 Å². The third kappa shape index (κ3) is 18.1. The Bertz CT molecular complexity index is 139. The maximum absolute atomic E-state index is 9.43. The molecule has 0 amide bonds. The number of hydrogen-bond acceptors (Lipinski definition) is 4. The van der Waals surface area contributed by atoms with Crippen molar-refractivity contribution >= 4 is 11.9 Å². The molecule has 6 heteroatoms. The SMILES string of the molecule is CC(CO)CO.O=C(O)CC(=O)O. The molecule has 0 fully saturated rings. The van der Waals surface area contributed by atoms with E-state index in [2.05, 4.69) is 0 Å². The molecule has 0 heterocycles. The van der Waals surface area contributed by atoms with Gasteiger partial charge in [0.05, 0.1) is 0 Å². The topological polar surface area (TPSA) is 115 Å². The van der Waals surface area contributed by atoms with Crippen LogP contribution >= 0.6 is 0 Å². The van der Waals surface area contributed by atoms with Crippen LogP contribution in [0, 0.1) is 5.92 Å². The number of carboxylic acids is 2. The predicted molar refractivity (Wildman–Crippen MR) is 43.2 cm³/mol. The van der Waals surface area contributed by atoms with Gasteiger partial charge in [-0.2, -0.15) is 0 Å². The van der Waals surface area contributed by atoms with Crippen LogP contribution in [0.15, 0.2) is 0 Å². The second kappa shape index (κ2) is 8.95. The van der Waals surface area contributed by atoms with Gasteiger partial charge in [0.2, 0.25) is 0 Å². The molecule has 0 saturated carbocycles. The molecule has 0 aliphatic carbocycles. The van der Waals surface area contributed by atoms with E-state index in [1.54, 1.807) is 6.92 Å². The second-order valence-electron chi connectivity index (χ2n) is 2.43. The molecule has 0 bridgehead atoms. The van der Waals surface area contributed by atoms with E-state index in [9.17, 15) is 9.59 Å². The summed E-state index contributed by atoms with van der Waals surface area (Å²) in [6.45, 7) is 1.94. The first-order chi connectivity index (χ1) is 5.93. The largest absolute Gasteiger partial charge is 0.481 e. The van der Waals surface area contributed by atoms with Crippen LogP contribution in [0.2, 0.25) is 0 Å². The summed E-state index contributed by atoms with van der Waals surface area (Å²) in [5.74, 6) is -2.58. The summed E-state index contributed by atoms with van der Waals surface area (Å²) < 4.78 is 0. The van der Waals surface area contributed by atoms with E-state index < -0.39 is 18.4 Å². The van der Waals surface area contributed by atoms with Crippen LogP contribution in [0.1, 0.15) is 13.3 Å². The fourth-order valence-electron chi connectivity index (χ4n) is 0.187. The molecule has 0 atom stereocenters. The van der Waals surface area contributed by atoms with Gasteiger partial charge in [0.15, 0.2) is 0 Å². The Morgan fingerprint density at radius 1 is 1.08 bits per heavy atom. The van der Waals surface area contributed by atoms with E-state index >= 15 is 0 Å². The molecule has 0 aromatic rings. The summed E-state index contributed by atoms with van der Waals surface area (Å²) in [5.41, 5.74) is 0. The van der Waals surface area contributed by atoms with E-state index in [0.717, 1.165) is 0 Å². The highest BCUT2D eigenvalue weighted by molar-refractivity contribution is 5.88. The van der Waals surface area contributed by atoms with E-state index in [-0.39, 0.29) is 19.1 Å². The van der Waals surface area contributed by atoms with Gasteiger partial charge in [0.1, 0.15) is 6.42 Å². The van der Waals surface area contributed by atoms with Crippen LogP contribution in [-0.2, 0) is 9.59 Å². The van der Waals surface area contributed by atoms with Gasteiger partial charge in [-0.3, -0.25) is 9.59 Å². The van der Waals surface area contributed by atoms with Crippen molar-refractivity contribution in [3.63, 3.8) is 0 Å². The summed E-state index contributed by atoms with van der Waals surface area (Å²) in [6, 6.07) is 0. The number of rotatable bonds is 4. The Morgan fingerprint density at radius 2 is 1.38 bits per heavy atom. The Labute approximate surface area is 75.4 Å². The molecule has 0 aliphatic heterocycles. The molecule has 0 unspecified atom stereocenters. The van der Waals surface area contributed by atoms with Gasteiger partial charge < -0.3 is 20.4 Å². The lowest BCUT2D eigenvalue weighted by molar-refractivity contribution is -0.147.